The summed E-state index contributed by atoms with van der Waals surface area (Å²) in [6.45, 7) is 4.50. The second-order valence-corrected chi connectivity index (χ2v) is 8.01. The third-order valence-electron chi connectivity index (χ3n) is 5.83. The lowest BCUT2D eigenvalue weighted by Gasteiger charge is -2.37. The highest BCUT2D eigenvalue weighted by Gasteiger charge is 2.33. The Kier molecular flexibility index (Phi) is 4.14. The molecule has 27 heavy (non-hydrogen) atoms. The smallest absolute Gasteiger partial charge is 0.252 e. The van der Waals surface area contributed by atoms with Gasteiger partial charge in [0.25, 0.3) is 11.5 Å². The Balaban J connectivity index is 1.73. The molecule has 4 rings (SSSR count). The van der Waals surface area contributed by atoms with Crippen LogP contribution in [0.3, 0.4) is 0 Å². The predicted octanol–water partition coefficient (Wildman–Crippen LogP) is 4.08. The zero-order valence-electron chi connectivity index (χ0n) is 16.0. The number of hydrogen-bond acceptors (Lipinski definition) is 2. The Hall–Kier alpha value is -2.88. The maximum atomic E-state index is 13.1. The minimum Gasteiger partial charge on any atom is -0.345 e. The fourth-order valence-electron chi connectivity index (χ4n) is 4.20. The minimum atomic E-state index is -0.191. The van der Waals surface area contributed by atoms with Gasteiger partial charge in [0, 0.05) is 18.5 Å². The molecular weight excluding hydrogens is 336 g/mol. The first-order valence-corrected chi connectivity index (χ1v) is 9.37. The van der Waals surface area contributed by atoms with Crippen LogP contribution >= 0.6 is 0 Å². The normalized spacial score (nSPS) is 18.1. The third kappa shape index (κ3) is 2.95. The van der Waals surface area contributed by atoms with Gasteiger partial charge in [-0.2, -0.15) is 0 Å². The van der Waals surface area contributed by atoms with Crippen LogP contribution in [0, 0.1) is 0 Å². The minimum absolute atomic E-state index is 0.0375. The number of carbonyl (C=O) groups excluding carboxylic acids is 1. The average Bonchev–Trinajstić information content (AvgIpc) is 2.67. The summed E-state index contributed by atoms with van der Waals surface area (Å²) < 4.78 is 1.57. The first-order chi connectivity index (χ1) is 12.9. The maximum absolute atomic E-state index is 13.1. The van der Waals surface area contributed by atoms with Gasteiger partial charge in [-0.3, -0.25) is 9.59 Å². The van der Waals surface area contributed by atoms with Crippen LogP contribution in [0.25, 0.3) is 10.9 Å². The number of amides is 1. The molecule has 1 amide bonds. The molecule has 1 aliphatic carbocycles. The molecule has 1 aliphatic rings. The topological polar surface area (TPSA) is 51.1 Å². The van der Waals surface area contributed by atoms with Crippen LogP contribution in [0.1, 0.15) is 54.2 Å². The molecule has 1 aromatic heterocycles. The molecule has 0 fully saturated rings. The Morgan fingerprint density at radius 3 is 2.63 bits per heavy atom. The number of aromatic nitrogens is 1. The summed E-state index contributed by atoms with van der Waals surface area (Å²) in [6, 6.07) is 17.3. The standard InChI is InChI=1S/C23H24N2O2/c1-23(2)13-12-19(16-9-4-6-10-18(16)23)24-22(27)17-14-21(26)25(3)20-11-7-5-8-15(17)20/h4-11,14,19H,12-13H2,1-3H3,(H,24,27). The second-order valence-electron chi connectivity index (χ2n) is 8.01. The number of rotatable bonds is 2. The molecule has 1 atom stereocenters. The molecule has 1 heterocycles. The fourth-order valence-corrected chi connectivity index (χ4v) is 4.20. The van der Waals surface area contributed by atoms with E-state index in [9.17, 15) is 9.59 Å². The van der Waals surface area contributed by atoms with Gasteiger partial charge in [-0.25, -0.2) is 0 Å². The van der Waals surface area contributed by atoms with Crippen LogP contribution in [0.2, 0.25) is 0 Å². The molecule has 1 N–H and O–H groups in total. The van der Waals surface area contributed by atoms with Crippen molar-refractivity contribution in [2.24, 2.45) is 7.05 Å². The van der Waals surface area contributed by atoms with Gasteiger partial charge in [0.1, 0.15) is 0 Å². The zero-order chi connectivity index (χ0) is 19.2. The van der Waals surface area contributed by atoms with Crippen LogP contribution < -0.4 is 10.9 Å². The van der Waals surface area contributed by atoms with Gasteiger partial charge in [0.2, 0.25) is 0 Å². The van der Waals surface area contributed by atoms with Gasteiger partial charge in [-0.1, -0.05) is 56.3 Å². The fraction of sp³-hybridized carbons (Fsp3) is 0.304. The molecule has 4 heteroatoms. The number of carbonyl (C=O) groups is 1. The van der Waals surface area contributed by atoms with Crippen LogP contribution in [-0.4, -0.2) is 10.5 Å². The summed E-state index contributed by atoms with van der Waals surface area (Å²) in [5.41, 5.74) is 3.60. The number of nitrogens with one attached hydrogen (secondary N) is 1. The van der Waals surface area contributed by atoms with E-state index >= 15 is 0 Å². The molecule has 4 nitrogen and oxygen atoms in total. The molecule has 3 aromatic rings. The monoisotopic (exact) mass is 360 g/mol. The molecule has 0 aliphatic heterocycles. The molecule has 0 saturated heterocycles. The molecule has 0 saturated carbocycles. The van der Waals surface area contributed by atoms with Crippen LogP contribution in [0.15, 0.2) is 59.4 Å². The molecule has 2 aromatic carbocycles. The highest BCUT2D eigenvalue weighted by molar-refractivity contribution is 6.06. The van der Waals surface area contributed by atoms with Crippen LogP contribution in [-0.2, 0) is 12.5 Å². The van der Waals surface area contributed by atoms with Crippen molar-refractivity contribution in [1.29, 1.82) is 0 Å². The second kappa shape index (κ2) is 6.38. The van der Waals surface area contributed by atoms with Gasteiger partial charge in [0.15, 0.2) is 0 Å². The summed E-state index contributed by atoms with van der Waals surface area (Å²) in [7, 11) is 1.73. The van der Waals surface area contributed by atoms with E-state index in [4.69, 9.17) is 0 Å². The van der Waals surface area contributed by atoms with Crippen molar-refractivity contribution in [2.75, 3.05) is 0 Å². The maximum Gasteiger partial charge on any atom is 0.252 e. The molecule has 138 valence electrons. The lowest BCUT2D eigenvalue weighted by Crippen LogP contribution is -2.36. The number of aryl methyl sites for hydroxylation is 1. The largest absolute Gasteiger partial charge is 0.345 e. The van der Waals surface area contributed by atoms with Crippen molar-refractivity contribution >= 4 is 16.8 Å². The van der Waals surface area contributed by atoms with Gasteiger partial charge >= 0.3 is 0 Å². The summed E-state index contributed by atoms with van der Waals surface area (Å²) in [5.74, 6) is -0.191. The Bertz CT molecular complexity index is 1090. The number of pyridine rings is 1. The van der Waals surface area contributed by atoms with E-state index in [0.717, 1.165) is 23.7 Å². The lowest BCUT2D eigenvalue weighted by molar-refractivity contribution is 0.0931. The number of para-hydroxylation sites is 1. The highest BCUT2D eigenvalue weighted by atomic mass is 16.2. The molecule has 1 unspecified atom stereocenters. The van der Waals surface area contributed by atoms with Gasteiger partial charge in [0.05, 0.1) is 17.1 Å². The summed E-state index contributed by atoms with van der Waals surface area (Å²) >= 11 is 0. The third-order valence-corrected chi connectivity index (χ3v) is 5.83. The number of hydrogen-bond donors (Lipinski definition) is 1. The predicted molar refractivity (Wildman–Crippen MR) is 108 cm³/mol. The average molecular weight is 360 g/mol. The first kappa shape index (κ1) is 17.5. The van der Waals surface area contributed by atoms with Gasteiger partial charge < -0.3 is 9.88 Å². The van der Waals surface area contributed by atoms with Crippen molar-refractivity contribution in [3.05, 3.63) is 81.6 Å². The van der Waals surface area contributed by atoms with E-state index in [0.29, 0.717) is 5.56 Å². The molecule has 0 radical (unpaired) electrons. The van der Waals surface area contributed by atoms with Crippen molar-refractivity contribution in [2.45, 2.75) is 38.1 Å². The number of fused-ring (bicyclic) bond motifs is 2. The van der Waals surface area contributed by atoms with E-state index in [1.807, 2.05) is 30.3 Å². The Morgan fingerprint density at radius 2 is 1.81 bits per heavy atom. The van der Waals surface area contributed by atoms with E-state index < -0.39 is 0 Å². The Labute approximate surface area is 158 Å². The Morgan fingerprint density at radius 1 is 1.11 bits per heavy atom. The highest BCUT2D eigenvalue weighted by Crippen LogP contribution is 2.41. The van der Waals surface area contributed by atoms with E-state index in [-0.39, 0.29) is 22.9 Å². The first-order valence-electron chi connectivity index (χ1n) is 9.37. The van der Waals surface area contributed by atoms with Crippen LogP contribution in [0.4, 0.5) is 0 Å². The lowest BCUT2D eigenvalue weighted by atomic mass is 9.71. The molecular formula is C23H24N2O2. The van der Waals surface area contributed by atoms with Crippen molar-refractivity contribution < 1.29 is 4.79 Å². The van der Waals surface area contributed by atoms with E-state index in [2.05, 4.69) is 37.4 Å². The number of benzene rings is 2. The van der Waals surface area contributed by atoms with Gasteiger partial charge in [-0.15, -0.1) is 0 Å². The van der Waals surface area contributed by atoms with Crippen molar-refractivity contribution in [3.8, 4) is 0 Å². The summed E-state index contributed by atoms with van der Waals surface area (Å²) in [6.07, 6.45) is 1.89. The summed E-state index contributed by atoms with van der Waals surface area (Å²) in [5, 5.41) is 3.97. The van der Waals surface area contributed by atoms with Crippen LogP contribution in [0.5, 0.6) is 0 Å². The van der Waals surface area contributed by atoms with E-state index in [1.54, 1.807) is 11.6 Å². The van der Waals surface area contributed by atoms with E-state index in [1.165, 1.54) is 17.2 Å². The molecule has 0 spiro atoms. The SMILES string of the molecule is Cn1c(=O)cc(C(=O)NC2CCC(C)(C)c3ccccc32)c2ccccc21. The number of nitrogens with zero attached hydrogens (tertiary/aromatic N) is 1. The van der Waals surface area contributed by atoms with Crippen molar-refractivity contribution in [1.82, 2.24) is 9.88 Å². The molecule has 0 bridgehead atoms. The zero-order valence-corrected chi connectivity index (χ0v) is 16.0. The summed E-state index contributed by atoms with van der Waals surface area (Å²) in [4.78, 5) is 25.4. The van der Waals surface area contributed by atoms with Gasteiger partial charge in [-0.05, 0) is 35.4 Å². The quantitative estimate of drug-likeness (QED) is 0.749. The van der Waals surface area contributed by atoms with Crippen molar-refractivity contribution in [3.63, 3.8) is 0 Å².